The number of benzene rings is 2. The standard InChI is InChI=1S/C38H51F4N5O6/c1-27(2)37(48)44-14-16-50-17-18-51-19-20-52-21-22-53-29-10-11-34(36(24-29)49-4)43-13-6-7-28-23-30-32(45-33-12-15-46(3)25-31(33)39)8-5-9-35(30)47(28)26-38(40,41)42/h5,8-11,23-24,27,31,33,43,45H,12-22,25-26H2,1-4H3,(H,44,48)/t31-,33+/m0/s1. The first kappa shape index (κ1) is 41.5. The number of piperidine rings is 1. The van der Waals surface area contributed by atoms with Gasteiger partial charge in [0.15, 0.2) is 0 Å². The molecule has 4 rings (SSSR count). The van der Waals surface area contributed by atoms with Gasteiger partial charge in [-0.1, -0.05) is 25.8 Å². The number of fused-ring (bicyclic) bond motifs is 1. The van der Waals surface area contributed by atoms with Crippen molar-refractivity contribution in [2.75, 3.05) is 97.2 Å². The van der Waals surface area contributed by atoms with Gasteiger partial charge in [0.1, 0.15) is 30.8 Å². The molecule has 1 aromatic heterocycles. The fourth-order valence-electron chi connectivity index (χ4n) is 5.67. The molecule has 1 aliphatic rings. The molecular weight excluding hydrogens is 698 g/mol. The van der Waals surface area contributed by atoms with Gasteiger partial charge in [-0.05, 0) is 49.7 Å². The molecule has 2 atom stereocenters. The number of carbonyl (C=O) groups is 1. The molecule has 1 saturated heterocycles. The summed E-state index contributed by atoms with van der Waals surface area (Å²) in [7, 11) is 3.38. The Morgan fingerprint density at radius 1 is 0.981 bits per heavy atom. The molecule has 0 aliphatic carbocycles. The van der Waals surface area contributed by atoms with Crippen molar-refractivity contribution in [1.29, 1.82) is 0 Å². The molecule has 3 aromatic rings. The minimum Gasteiger partial charge on any atom is -0.494 e. The van der Waals surface area contributed by atoms with Crippen molar-refractivity contribution in [2.24, 2.45) is 5.92 Å². The molecule has 15 heteroatoms. The van der Waals surface area contributed by atoms with E-state index < -0.39 is 24.9 Å². The van der Waals surface area contributed by atoms with E-state index in [-0.39, 0.29) is 24.1 Å². The number of amides is 1. The Morgan fingerprint density at radius 2 is 1.70 bits per heavy atom. The van der Waals surface area contributed by atoms with Gasteiger partial charge in [0.25, 0.3) is 0 Å². The first-order chi connectivity index (χ1) is 25.4. The van der Waals surface area contributed by atoms with Crippen LogP contribution in [0.2, 0.25) is 0 Å². The van der Waals surface area contributed by atoms with Gasteiger partial charge in [0.05, 0.1) is 76.2 Å². The van der Waals surface area contributed by atoms with Crippen molar-refractivity contribution in [1.82, 2.24) is 14.8 Å². The molecule has 0 saturated carbocycles. The highest BCUT2D eigenvalue weighted by Gasteiger charge is 2.31. The van der Waals surface area contributed by atoms with Gasteiger partial charge >= 0.3 is 6.18 Å². The monoisotopic (exact) mass is 749 g/mol. The predicted octanol–water partition coefficient (Wildman–Crippen LogP) is 5.33. The number of carbonyl (C=O) groups excluding carboxylic acids is 1. The minimum atomic E-state index is -4.47. The number of hydrogen-bond acceptors (Lipinski definition) is 9. The maximum Gasteiger partial charge on any atom is 0.406 e. The van der Waals surface area contributed by atoms with Crippen molar-refractivity contribution >= 4 is 28.2 Å². The molecule has 0 spiro atoms. The van der Waals surface area contributed by atoms with Crippen molar-refractivity contribution < 1.29 is 46.0 Å². The second-order valence-electron chi connectivity index (χ2n) is 12.9. The second kappa shape index (κ2) is 20.9. The average Bonchev–Trinajstić information content (AvgIpc) is 3.46. The van der Waals surface area contributed by atoms with Crippen LogP contribution in [-0.4, -0.2) is 120 Å². The van der Waals surface area contributed by atoms with Crippen molar-refractivity contribution in [3.05, 3.63) is 48.2 Å². The van der Waals surface area contributed by atoms with Crippen molar-refractivity contribution in [3.63, 3.8) is 0 Å². The maximum absolute atomic E-state index is 14.8. The molecule has 1 fully saturated rings. The smallest absolute Gasteiger partial charge is 0.406 e. The lowest BCUT2D eigenvalue weighted by atomic mass is 10.0. The summed E-state index contributed by atoms with van der Waals surface area (Å²) >= 11 is 0. The fourth-order valence-corrected chi connectivity index (χ4v) is 5.67. The lowest BCUT2D eigenvalue weighted by Crippen LogP contribution is -2.46. The van der Waals surface area contributed by atoms with Crippen LogP contribution in [0.3, 0.4) is 0 Å². The van der Waals surface area contributed by atoms with E-state index >= 15 is 0 Å². The molecule has 53 heavy (non-hydrogen) atoms. The molecule has 0 bridgehead atoms. The Labute approximate surface area is 308 Å². The zero-order chi connectivity index (χ0) is 38.2. The first-order valence-corrected chi connectivity index (χ1v) is 17.8. The summed E-state index contributed by atoms with van der Waals surface area (Å²) in [5.41, 5.74) is 1.78. The third-order valence-corrected chi connectivity index (χ3v) is 8.44. The van der Waals surface area contributed by atoms with Gasteiger partial charge in [-0.3, -0.25) is 4.79 Å². The normalized spacial score (nSPS) is 16.3. The minimum absolute atomic E-state index is 0.000441. The van der Waals surface area contributed by atoms with Crippen molar-refractivity contribution in [3.8, 4) is 23.3 Å². The molecule has 1 amide bonds. The van der Waals surface area contributed by atoms with E-state index in [2.05, 4.69) is 27.8 Å². The molecular formula is C38H51F4N5O6. The van der Waals surface area contributed by atoms with E-state index in [1.165, 1.54) is 7.11 Å². The Bertz CT molecular complexity index is 1660. The second-order valence-corrected chi connectivity index (χ2v) is 12.9. The van der Waals surface area contributed by atoms with Gasteiger partial charge in [0.2, 0.25) is 5.91 Å². The number of methoxy groups -OCH3 is 1. The summed E-state index contributed by atoms with van der Waals surface area (Å²) in [5, 5.41) is 9.73. The fraction of sp³-hybridized carbons (Fsp3) is 0.553. The van der Waals surface area contributed by atoms with Gasteiger partial charge in [-0.2, -0.15) is 13.2 Å². The van der Waals surface area contributed by atoms with E-state index in [0.29, 0.717) is 99.5 Å². The van der Waals surface area contributed by atoms with Crippen LogP contribution in [0.4, 0.5) is 28.9 Å². The maximum atomic E-state index is 14.8. The van der Waals surface area contributed by atoms with Crippen LogP contribution in [0.15, 0.2) is 42.5 Å². The van der Waals surface area contributed by atoms with E-state index in [1.807, 2.05) is 25.8 Å². The predicted molar refractivity (Wildman–Crippen MR) is 197 cm³/mol. The van der Waals surface area contributed by atoms with Crippen LogP contribution in [0.25, 0.3) is 10.9 Å². The molecule has 2 aromatic carbocycles. The van der Waals surface area contributed by atoms with Crippen LogP contribution in [0.1, 0.15) is 26.0 Å². The number of halogens is 4. The van der Waals surface area contributed by atoms with Crippen LogP contribution >= 0.6 is 0 Å². The summed E-state index contributed by atoms with van der Waals surface area (Å²) in [6.07, 6.45) is -4.99. The Hall–Kier alpha value is -4.23. The molecule has 0 unspecified atom stereocenters. The molecule has 1 aliphatic heterocycles. The van der Waals surface area contributed by atoms with Crippen LogP contribution < -0.4 is 25.4 Å². The molecule has 2 heterocycles. The molecule has 0 radical (unpaired) electrons. The SMILES string of the molecule is COc1cc(OCCOCCOCCOCCNC(=O)C(C)C)ccc1NCC#Cc1cc2c(N[C@@H]3CCN(C)C[C@@H]3F)cccc2n1CC(F)(F)F. The summed E-state index contributed by atoms with van der Waals surface area (Å²) in [5.74, 6) is 6.85. The number of hydrogen-bond donors (Lipinski definition) is 3. The third kappa shape index (κ3) is 13.6. The Balaban J connectivity index is 1.23. The van der Waals surface area contributed by atoms with Crippen LogP contribution in [0.5, 0.6) is 11.5 Å². The average molecular weight is 750 g/mol. The molecule has 11 nitrogen and oxygen atoms in total. The lowest BCUT2D eigenvalue weighted by molar-refractivity contribution is -0.140. The highest BCUT2D eigenvalue weighted by atomic mass is 19.4. The molecule has 292 valence electrons. The van der Waals surface area contributed by atoms with E-state index in [4.69, 9.17) is 23.7 Å². The van der Waals surface area contributed by atoms with Gasteiger partial charge < -0.3 is 49.1 Å². The van der Waals surface area contributed by atoms with Crippen LogP contribution in [0, 0.1) is 17.8 Å². The number of likely N-dealkylation sites (tertiary alicyclic amines) is 1. The Kier molecular flexibility index (Phi) is 16.3. The molecule has 3 N–H and O–H groups in total. The number of rotatable bonds is 20. The van der Waals surface area contributed by atoms with Gasteiger partial charge in [-0.15, -0.1) is 0 Å². The van der Waals surface area contributed by atoms with E-state index in [9.17, 15) is 22.4 Å². The zero-order valence-corrected chi connectivity index (χ0v) is 30.8. The topological polar surface area (TPSA) is 107 Å². The lowest BCUT2D eigenvalue weighted by Gasteiger charge is -2.33. The summed E-state index contributed by atoms with van der Waals surface area (Å²) < 4.78 is 84.6. The number of nitrogens with zero attached hydrogens (tertiary/aromatic N) is 2. The van der Waals surface area contributed by atoms with Crippen LogP contribution in [-0.2, 0) is 25.5 Å². The number of aromatic nitrogens is 1. The first-order valence-electron chi connectivity index (χ1n) is 17.8. The number of anilines is 2. The highest BCUT2D eigenvalue weighted by molar-refractivity contribution is 5.94. The summed E-state index contributed by atoms with van der Waals surface area (Å²) in [6.45, 7) is 6.82. The zero-order valence-electron chi connectivity index (χ0n) is 30.8. The van der Waals surface area contributed by atoms with E-state index in [0.717, 1.165) is 11.1 Å². The number of ether oxygens (including phenoxy) is 5. The third-order valence-electron chi connectivity index (χ3n) is 8.44. The summed E-state index contributed by atoms with van der Waals surface area (Å²) in [4.78, 5) is 13.4. The largest absolute Gasteiger partial charge is 0.494 e. The number of alkyl halides is 4. The Morgan fingerprint density at radius 3 is 2.38 bits per heavy atom. The summed E-state index contributed by atoms with van der Waals surface area (Å²) in [6, 6.07) is 11.5. The highest BCUT2D eigenvalue weighted by Crippen LogP contribution is 2.32. The van der Waals surface area contributed by atoms with Gasteiger partial charge in [0, 0.05) is 42.7 Å². The quantitative estimate of drug-likeness (QED) is 0.0804. The van der Waals surface area contributed by atoms with Gasteiger partial charge in [-0.25, -0.2) is 4.39 Å². The van der Waals surface area contributed by atoms with Crippen molar-refractivity contribution in [2.45, 2.75) is 45.2 Å². The number of nitrogens with one attached hydrogen (secondary N) is 3. The van der Waals surface area contributed by atoms with E-state index in [1.54, 1.807) is 42.5 Å².